The summed E-state index contributed by atoms with van der Waals surface area (Å²) in [5.41, 5.74) is 0. The zero-order valence-electron chi connectivity index (χ0n) is 8.61. The summed E-state index contributed by atoms with van der Waals surface area (Å²) in [4.78, 5) is 17.6. The fourth-order valence-electron chi connectivity index (χ4n) is 1.58. The minimum atomic E-state index is -0.0936. The highest BCUT2D eigenvalue weighted by Crippen LogP contribution is 2.29. The van der Waals surface area contributed by atoms with Crippen LogP contribution in [0, 0.1) is 0 Å². The lowest BCUT2D eigenvalue weighted by molar-refractivity contribution is -0.116. The summed E-state index contributed by atoms with van der Waals surface area (Å²) in [5.74, 6) is 1.17. The third-order valence-electron chi connectivity index (χ3n) is 2.41. The van der Waals surface area contributed by atoms with Gasteiger partial charge in [0.1, 0.15) is 5.82 Å². The van der Waals surface area contributed by atoms with Gasteiger partial charge in [0.25, 0.3) is 0 Å². The first-order chi connectivity index (χ1) is 7.63. The van der Waals surface area contributed by atoms with E-state index in [1.54, 1.807) is 18.1 Å². The molecule has 1 aromatic heterocycles. The van der Waals surface area contributed by atoms with Crippen LogP contribution in [-0.2, 0) is 4.79 Å². The van der Waals surface area contributed by atoms with Crippen molar-refractivity contribution in [1.82, 2.24) is 4.98 Å². The standard InChI is InChI=1S/C10H10Br2N2O2/c1-16-9-6(11)2-3-8(13-9)14-5-4-7(12)10(14)15/h2-3,7H,4-5H2,1H3. The first kappa shape index (κ1) is 11.9. The highest BCUT2D eigenvalue weighted by atomic mass is 79.9. The number of amides is 1. The van der Waals surface area contributed by atoms with E-state index in [0.29, 0.717) is 18.2 Å². The lowest BCUT2D eigenvalue weighted by Gasteiger charge is -2.15. The van der Waals surface area contributed by atoms with Gasteiger partial charge >= 0.3 is 0 Å². The Morgan fingerprint density at radius 1 is 1.56 bits per heavy atom. The maximum absolute atomic E-state index is 11.8. The number of carbonyl (C=O) groups excluding carboxylic acids is 1. The van der Waals surface area contributed by atoms with Crippen LogP contribution < -0.4 is 9.64 Å². The molecule has 0 bridgehead atoms. The molecule has 1 aliphatic rings. The Kier molecular flexibility index (Phi) is 3.49. The number of alkyl halides is 1. The van der Waals surface area contributed by atoms with Crippen LogP contribution in [0.15, 0.2) is 16.6 Å². The van der Waals surface area contributed by atoms with Gasteiger partial charge in [0.05, 0.1) is 16.4 Å². The summed E-state index contributed by atoms with van der Waals surface area (Å²) in [5, 5.41) is 0. The molecule has 6 heteroatoms. The van der Waals surface area contributed by atoms with Crippen LogP contribution in [0.4, 0.5) is 5.82 Å². The Labute approximate surface area is 110 Å². The molecular formula is C10H10Br2N2O2. The van der Waals surface area contributed by atoms with Gasteiger partial charge < -0.3 is 4.74 Å². The molecule has 16 heavy (non-hydrogen) atoms. The molecule has 0 aromatic carbocycles. The van der Waals surface area contributed by atoms with E-state index in [9.17, 15) is 4.79 Å². The van der Waals surface area contributed by atoms with Crippen molar-refractivity contribution in [1.29, 1.82) is 0 Å². The highest BCUT2D eigenvalue weighted by molar-refractivity contribution is 9.10. The minimum absolute atomic E-state index is 0.0527. The molecule has 0 aliphatic carbocycles. The molecule has 0 radical (unpaired) electrons. The molecule has 1 aliphatic heterocycles. The molecule has 0 spiro atoms. The van der Waals surface area contributed by atoms with Gasteiger partial charge in [0, 0.05) is 6.54 Å². The smallest absolute Gasteiger partial charge is 0.241 e. The van der Waals surface area contributed by atoms with E-state index >= 15 is 0 Å². The van der Waals surface area contributed by atoms with Gasteiger partial charge in [-0.15, -0.1) is 0 Å². The van der Waals surface area contributed by atoms with Gasteiger partial charge in [-0.25, -0.2) is 0 Å². The first-order valence-electron chi connectivity index (χ1n) is 4.79. The summed E-state index contributed by atoms with van der Waals surface area (Å²) in [6.07, 6.45) is 0.804. The predicted octanol–water partition coefficient (Wildman–Crippen LogP) is 2.35. The van der Waals surface area contributed by atoms with Gasteiger partial charge in [-0.3, -0.25) is 9.69 Å². The van der Waals surface area contributed by atoms with Crippen molar-refractivity contribution < 1.29 is 9.53 Å². The quantitative estimate of drug-likeness (QED) is 0.770. The van der Waals surface area contributed by atoms with Crippen molar-refractivity contribution in [3.8, 4) is 5.88 Å². The Hall–Kier alpha value is -0.620. The number of halogens is 2. The number of hydrogen-bond acceptors (Lipinski definition) is 3. The minimum Gasteiger partial charge on any atom is -0.480 e. The number of aromatic nitrogens is 1. The van der Waals surface area contributed by atoms with Crippen LogP contribution in [0.2, 0.25) is 0 Å². The second kappa shape index (κ2) is 4.71. The molecule has 2 rings (SSSR count). The van der Waals surface area contributed by atoms with E-state index in [-0.39, 0.29) is 10.7 Å². The molecule has 1 amide bonds. The normalized spacial score (nSPS) is 20.3. The van der Waals surface area contributed by atoms with E-state index in [1.165, 1.54) is 0 Å². The topological polar surface area (TPSA) is 42.4 Å². The Bertz CT molecular complexity index is 425. The van der Waals surface area contributed by atoms with Gasteiger partial charge in [-0.05, 0) is 34.5 Å². The number of anilines is 1. The van der Waals surface area contributed by atoms with Crippen molar-refractivity contribution in [3.05, 3.63) is 16.6 Å². The molecule has 0 N–H and O–H groups in total. The number of methoxy groups -OCH3 is 1. The summed E-state index contributed by atoms with van der Waals surface area (Å²) in [6, 6.07) is 3.63. The second-order valence-corrected chi connectivity index (χ2v) is 5.37. The highest BCUT2D eigenvalue weighted by Gasteiger charge is 2.31. The van der Waals surface area contributed by atoms with Crippen LogP contribution in [0.3, 0.4) is 0 Å². The maximum atomic E-state index is 11.8. The average molecular weight is 350 g/mol. The van der Waals surface area contributed by atoms with Gasteiger partial charge in [-0.2, -0.15) is 4.98 Å². The van der Waals surface area contributed by atoms with Crippen molar-refractivity contribution in [2.24, 2.45) is 0 Å². The van der Waals surface area contributed by atoms with Crippen molar-refractivity contribution in [3.63, 3.8) is 0 Å². The summed E-state index contributed by atoms with van der Waals surface area (Å²) in [6.45, 7) is 0.687. The molecule has 86 valence electrons. The lowest BCUT2D eigenvalue weighted by Crippen LogP contribution is -2.27. The number of hydrogen-bond donors (Lipinski definition) is 0. The summed E-state index contributed by atoms with van der Waals surface area (Å²) in [7, 11) is 1.55. The van der Waals surface area contributed by atoms with Gasteiger partial charge in [0.15, 0.2) is 0 Å². The summed E-state index contributed by atoms with van der Waals surface area (Å²) >= 11 is 6.66. The van der Waals surface area contributed by atoms with Crippen LogP contribution in [-0.4, -0.2) is 29.4 Å². The molecule has 2 heterocycles. The molecule has 4 nitrogen and oxygen atoms in total. The molecule has 1 unspecified atom stereocenters. The number of rotatable bonds is 2. The first-order valence-corrected chi connectivity index (χ1v) is 6.50. The molecule has 0 saturated carbocycles. The largest absolute Gasteiger partial charge is 0.480 e. The molecule has 1 aromatic rings. The molecule has 1 fully saturated rings. The third-order valence-corrected chi connectivity index (χ3v) is 3.86. The number of nitrogens with zero attached hydrogens (tertiary/aromatic N) is 2. The van der Waals surface area contributed by atoms with Crippen molar-refractivity contribution in [2.45, 2.75) is 11.2 Å². The van der Waals surface area contributed by atoms with E-state index in [4.69, 9.17) is 4.74 Å². The molecule has 1 atom stereocenters. The Morgan fingerprint density at radius 2 is 2.31 bits per heavy atom. The van der Waals surface area contributed by atoms with Crippen molar-refractivity contribution >= 4 is 43.6 Å². The number of ether oxygens (including phenoxy) is 1. The van der Waals surface area contributed by atoms with Gasteiger partial charge in [-0.1, -0.05) is 15.9 Å². The van der Waals surface area contributed by atoms with Crippen LogP contribution >= 0.6 is 31.9 Å². The summed E-state index contributed by atoms with van der Waals surface area (Å²) < 4.78 is 5.88. The average Bonchev–Trinajstić information content (AvgIpc) is 2.61. The van der Waals surface area contributed by atoms with Gasteiger partial charge in [0.2, 0.25) is 11.8 Å². The predicted molar refractivity (Wildman–Crippen MR) is 68.2 cm³/mol. The SMILES string of the molecule is COc1nc(N2CCC(Br)C2=O)ccc1Br. The fraction of sp³-hybridized carbons (Fsp3) is 0.400. The lowest BCUT2D eigenvalue weighted by atomic mass is 10.4. The number of pyridine rings is 1. The van der Waals surface area contributed by atoms with Crippen LogP contribution in [0.25, 0.3) is 0 Å². The second-order valence-electron chi connectivity index (χ2n) is 3.41. The third kappa shape index (κ3) is 2.08. The Morgan fingerprint density at radius 3 is 2.88 bits per heavy atom. The maximum Gasteiger partial charge on any atom is 0.241 e. The number of carbonyl (C=O) groups is 1. The zero-order chi connectivity index (χ0) is 11.7. The fourth-order valence-corrected chi connectivity index (χ4v) is 2.41. The monoisotopic (exact) mass is 348 g/mol. The van der Waals surface area contributed by atoms with Crippen LogP contribution in [0.5, 0.6) is 5.88 Å². The van der Waals surface area contributed by atoms with Crippen molar-refractivity contribution in [2.75, 3.05) is 18.6 Å². The molecule has 1 saturated heterocycles. The van der Waals surface area contributed by atoms with Crippen LogP contribution in [0.1, 0.15) is 6.42 Å². The molecular weight excluding hydrogens is 340 g/mol. The van der Waals surface area contributed by atoms with E-state index < -0.39 is 0 Å². The van der Waals surface area contributed by atoms with E-state index in [2.05, 4.69) is 36.8 Å². The Balaban J connectivity index is 2.31. The zero-order valence-corrected chi connectivity index (χ0v) is 11.8. The van der Waals surface area contributed by atoms with E-state index in [1.807, 2.05) is 6.07 Å². The van der Waals surface area contributed by atoms with E-state index in [0.717, 1.165) is 10.9 Å².